The minimum Gasteiger partial charge on any atom is -0.508 e. The van der Waals surface area contributed by atoms with Crippen molar-refractivity contribution in [2.75, 3.05) is 6.54 Å². The molecule has 1 atom stereocenters. The minimum absolute atomic E-state index is 0.250. The highest BCUT2D eigenvalue weighted by Crippen LogP contribution is 2.23. The first-order valence-corrected chi connectivity index (χ1v) is 7.38. The maximum Gasteiger partial charge on any atom is 0.290 e. The number of hydrogen-bond acceptors (Lipinski definition) is 3. The summed E-state index contributed by atoms with van der Waals surface area (Å²) >= 11 is 0. The Kier molecular flexibility index (Phi) is 5.55. The van der Waals surface area contributed by atoms with Gasteiger partial charge < -0.3 is 10.2 Å². The Morgan fingerprint density at radius 2 is 1.91 bits per heavy atom. The fraction of sp³-hybridized carbons (Fsp3) is 0.278. The topological polar surface area (TPSA) is 60.8 Å². The van der Waals surface area contributed by atoms with Crippen molar-refractivity contribution in [1.82, 2.24) is 4.90 Å². The SMILES string of the molecule is CCC1C=CCN1Cc1ccc2cc(O)ccc2c1.O=CO. The molecule has 3 rings (SSSR count). The lowest BCUT2D eigenvalue weighted by Crippen LogP contribution is -2.28. The number of carboxylic acid groups (broad SMARTS) is 1. The highest BCUT2D eigenvalue weighted by Gasteiger charge is 2.17. The maximum atomic E-state index is 9.48. The van der Waals surface area contributed by atoms with Gasteiger partial charge in [-0.2, -0.15) is 0 Å². The lowest BCUT2D eigenvalue weighted by molar-refractivity contribution is -0.122. The molecular formula is C18H21NO3. The monoisotopic (exact) mass is 299 g/mol. The van der Waals surface area contributed by atoms with E-state index in [9.17, 15) is 5.11 Å². The Bertz CT molecular complexity index is 666. The van der Waals surface area contributed by atoms with Crippen LogP contribution < -0.4 is 0 Å². The number of rotatable bonds is 3. The highest BCUT2D eigenvalue weighted by atomic mass is 16.3. The maximum absolute atomic E-state index is 9.48. The largest absolute Gasteiger partial charge is 0.508 e. The predicted octanol–water partition coefficient (Wildman–Crippen LogP) is 3.40. The molecule has 0 saturated heterocycles. The number of nitrogens with zero attached hydrogens (tertiary/aromatic N) is 1. The zero-order valence-corrected chi connectivity index (χ0v) is 12.6. The molecule has 0 spiro atoms. The van der Waals surface area contributed by atoms with Crippen LogP contribution in [0.1, 0.15) is 18.9 Å². The van der Waals surface area contributed by atoms with Crippen LogP contribution in [0.25, 0.3) is 10.8 Å². The smallest absolute Gasteiger partial charge is 0.290 e. The molecule has 0 radical (unpaired) electrons. The van der Waals surface area contributed by atoms with Gasteiger partial charge in [-0.25, -0.2) is 0 Å². The third kappa shape index (κ3) is 3.86. The molecule has 0 bridgehead atoms. The van der Waals surface area contributed by atoms with Crippen LogP contribution in [0.5, 0.6) is 5.75 Å². The van der Waals surface area contributed by atoms with E-state index in [4.69, 9.17) is 9.90 Å². The number of phenolic OH excluding ortho intramolecular Hbond substituents is 1. The average Bonchev–Trinajstić information content (AvgIpc) is 2.95. The molecule has 1 unspecified atom stereocenters. The minimum atomic E-state index is -0.250. The van der Waals surface area contributed by atoms with Crippen LogP contribution in [-0.4, -0.2) is 34.2 Å². The summed E-state index contributed by atoms with van der Waals surface area (Å²) in [6.07, 6.45) is 5.73. The first-order valence-electron chi connectivity index (χ1n) is 7.38. The van der Waals surface area contributed by atoms with Gasteiger partial charge in [0.25, 0.3) is 6.47 Å². The van der Waals surface area contributed by atoms with Crippen LogP contribution >= 0.6 is 0 Å². The zero-order chi connectivity index (χ0) is 15.9. The van der Waals surface area contributed by atoms with Crippen LogP contribution in [-0.2, 0) is 11.3 Å². The zero-order valence-electron chi connectivity index (χ0n) is 12.6. The fourth-order valence-electron chi connectivity index (χ4n) is 2.80. The van der Waals surface area contributed by atoms with Crippen molar-refractivity contribution in [2.45, 2.75) is 25.9 Å². The second-order valence-corrected chi connectivity index (χ2v) is 5.30. The Labute approximate surface area is 130 Å². The van der Waals surface area contributed by atoms with Crippen LogP contribution in [0.4, 0.5) is 0 Å². The molecule has 116 valence electrons. The normalized spacial score (nSPS) is 17.2. The van der Waals surface area contributed by atoms with Crippen molar-refractivity contribution in [3.63, 3.8) is 0 Å². The van der Waals surface area contributed by atoms with Gasteiger partial charge in [-0.3, -0.25) is 9.69 Å². The van der Waals surface area contributed by atoms with Crippen molar-refractivity contribution in [3.8, 4) is 5.75 Å². The molecule has 4 nitrogen and oxygen atoms in total. The molecule has 1 heterocycles. The Balaban J connectivity index is 0.000000545. The number of carbonyl (C=O) groups is 1. The van der Waals surface area contributed by atoms with E-state index in [1.165, 1.54) is 10.9 Å². The number of fused-ring (bicyclic) bond motifs is 1. The fourth-order valence-corrected chi connectivity index (χ4v) is 2.80. The summed E-state index contributed by atoms with van der Waals surface area (Å²) in [7, 11) is 0. The molecule has 0 fully saturated rings. The van der Waals surface area contributed by atoms with E-state index in [0.29, 0.717) is 11.8 Å². The summed E-state index contributed by atoms with van der Waals surface area (Å²) in [4.78, 5) is 10.8. The van der Waals surface area contributed by atoms with Gasteiger partial charge in [0.1, 0.15) is 5.75 Å². The summed E-state index contributed by atoms with van der Waals surface area (Å²) < 4.78 is 0. The standard InChI is InChI=1S/C17H19NO.CH2O2/c1-2-16-4-3-9-18(16)12-13-5-6-15-11-17(19)8-7-14(15)10-13;2-1-3/h3-8,10-11,16,19H,2,9,12H2,1H3;1H,(H,2,3). The Morgan fingerprint density at radius 3 is 2.64 bits per heavy atom. The summed E-state index contributed by atoms with van der Waals surface area (Å²) in [6.45, 7) is 4.02. The van der Waals surface area contributed by atoms with Crippen LogP contribution in [0, 0.1) is 0 Å². The number of aromatic hydroxyl groups is 1. The van der Waals surface area contributed by atoms with E-state index < -0.39 is 0 Å². The quantitative estimate of drug-likeness (QED) is 0.673. The van der Waals surface area contributed by atoms with E-state index in [1.54, 1.807) is 6.07 Å². The van der Waals surface area contributed by atoms with Crippen LogP contribution in [0.3, 0.4) is 0 Å². The molecule has 0 aromatic heterocycles. The number of hydrogen-bond donors (Lipinski definition) is 2. The summed E-state index contributed by atoms with van der Waals surface area (Å²) in [6, 6.07) is 12.6. The molecule has 0 aliphatic carbocycles. The Morgan fingerprint density at radius 1 is 1.23 bits per heavy atom. The molecule has 22 heavy (non-hydrogen) atoms. The van der Waals surface area contributed by atoms with E-state index in [1.807, 2.05) is 12.1 Å². The van der Waals surface area contributed by atoms with Crippen LogP contribution in [0.2, 0.25) is 0 Å². The molecular weight excluding hydrogens is 278 g/mol. The first kappa shape index (κ1) is 16.0. The van der Waals surface area contributed by atoms with Crippen molar-refractivity contribution >= 4 is 17.2 Å². The van der Waals surface area contributed by atoms with Crippen LogP contribution in [0.15, 0.2) is 48.6 Å². The van der Waals surface area contributed by atoms with Gasteiger partial charge in [-0.15, -0.1) is 0 Å². The lowest BCUT2D eigenvalue weighted by atomic mass is 10.1. The highest BCUT2D eigenvalue weighted by molar-refractivity contribution is 5.84. The van der Waals surface area contributed by atoms with Crippen molar-refractivity contribution in [2.24, 2.45) is 0 Å². The second kappa shape index (κ2) is 7.61. The summed E-state index contributed by atoms with van der Waals surface area (Å²) in [5.41, 5.74) is 1.33. The Hall–Kier alpha value is -2.33. The average molecular weight is 299 g/mol. The van der Waals surface area contributed by atoms with Gasteiger partial charge in [-0.1, -0.05) is 37.3 Å². The third-order valence-electron chi connectivity index (χ3n) is 3.86. The van der Waals surface area contributed by atoms with E-state index in [2.05, 4.69) is 42.2 Å². The number of benzene rings is 2. The molecule has 1 aliphatic heterocycles. The first-order chi connectivity index (χ1) is 10.7. The van der Waals surface area contributed by atoms with Gasteiger partial charge in [0, 0.05) is 19.1 Å². The number of phenols is 1. The van der Waals surface area contributed by atoms with E-state index in [0.717, 1.165) is 24.9 Å². The molecule has 2 N–H and O–H groups in total. The molecule has 1 aliphatic rings. The molecule has 0 amide bonds. The van der Waals surface area contributed by atoms with Gasteiger partial charge in [0.05, 0.1) is 0 Å². The van der Waals surface area contributed by atoms with Crippen molar-refractivity contribution in [3.05, 3.63) is 54.1 Å². The van der Waals surface area contributed by atoms with Gasteiger partial charge in [-0.05, 0) is 41.0 Å². The van der Waals surface area contributed by atoms with E-state index in [-0.39, 0.29) is 6.47 Å². The van der Waals surface area contributed by atoms with Crippen molar-refractivity contribution in [1.29, 1.82) is 0 Å². The lowest BCUT2D eigenvalue weighted by Gasteiger charge is -2.23. The van der Waals surface area contributed by atoms with E-state index >= 15 is 0 Å². The summed E-state index contributed by atoms with van der Waals surface area (Å²) in [5, 5.41) is 18.7. The second-order valence-electron chi connectivity index (χ2n) is 5.30. The van der Waals surface area contributed by atoms with Gasteiger partial charge >= 0.3 is 0 Å². The molecule has 4 heteroatoms. The van der Waals surface area contributed by atoms with Gasteiger partial charge in [0.15, 0.2) is 0 Å². The van der Waals surface area contributed by atoms with Crippen molar-refractivity contribution < 1.29 is 15.0 Å². The molecule has 2 aromatic rings. The molecule has 0 saturated carbocycles. The third-order valence-corrected chi connectivity index (χ3v) is 3.86. The van der Waals surface area contributed by atoms with Gasteiger partial charge in [0.2, 0.25) is 0 Å². The summed E-state index contributed by atoms with van der Waals surface area (Å²) in [5.74, 6) is 0.329. The molecule has 2 aromatic carbocycles. The predicted molar refractivity (Wildman–Crippen MR) is 87.9 cm³/mol.